The number of nitrogens with zero attached hydrogens (tertiary/aromatic N) is 3. The molecule has 0 amide bonds. The van der Waals surface area contributed by atoms with Crippen molar-refractivity contribution in [3.8, 4) is 0 Å². The molecule has 0 N–H and O–H groups in total. The van der Waals surface area contributed by atoms with E-state index in [1.807, 2.05) is 12.1 Å². The molecule has 1 saturated carbocycles. The highest BCUT2D eigenvalue weighted by Gasteiger charge is 2.45. The van der Waals surface area contributed by atoms with E-state index in [4.69, 9.17) is 0 Å². The summed E-state index contributed by atoms with van der Waals surface area (Å²) >= 11 is 0. The van der Waals surface area contributed by atoms with E-state index < -0.39 is 0 Å². The highest BCUT2D eigenvalue weighted by molar-refractivity contribution is 5.01. The first-order valence-electron chi connectivity index (χ1n) is 2.51. The molecule has 1 aliphatic heterocycles. The first-order valence-corrected chi connectivity index (χ1v) is 2.51. The Morgan fingerprint density at radius 2 is 2.57 bits per heavy atom. The summed E-state index contributed by atoms with van der Waals surface area (Å²) in [4.78, 5) is 0. The summed E-state index contributed by atoms with van der Waals surface area (Å²) in [5.74, 6) is 0. The van der Waals surface area contributed by atoms with E-state index in [2.05, 4.69) is 10.3 Å². The van der Waals surface area contributed by atoms with E-state index in [9.17, 15) is 0 Å². The van der Waals surface area contributed by atoms with Crippen LogP contribution in [0.15, 0.2) is 10.3 Å². The van der Waals surface area contributed by atoms with Crippen molar-refractivity contribution in [2.75, 3.05) is 7.05 Å². The van der Waals surface area contributed by atoms with E-state index >= 15 is 0 Å². The Balaban J connectivity index is 2.22. The van der Waals surface area contributed by atoms with Crippen LogP contribution >= 0.6 is 0 Å². The van der Waals surface area contributed by atoms with Gasteiger partial charge in [-0.15, -0.1) is 0 Å². The zero-order chi connectivity index (χ0) is 4.85. The van der Waals surface area contributed by atoms with E-state index in [-0.39, 0.29) is 0 Å². The SMILES string of the molecule is CN1N=N[C@H]2CC21. The number of likely N-dealkylation sites (N-methyl/N-ethyl adjacent to an activating group) is 1. The second-order valence-corrected chi connectivity index (χ2v) is 2.15. The molecule has 3 heteroatoms. The Labute approximate surface area is 42.0 Å². The Hall–Kier alpha value is -0.600. The van der Waals surface area contributed by atoms with Crippen LogP contribution in [0.4, 0.5) is 0 Å². The summed E-state index contributed by atoms with van der Waals surface area (Å²) < 4.78 is 0. The summed E-state index contributed by atoms with van der Waals surface area (Å²) in [5, 5.41) is 9.70. The standard InChI is InChI=1S/C4H7N3/c1-7-4-2-3(4)5-6-7/h3-4H,2H2,1H3/t3-,4?/m0/s1. The molecular weight excluding hydrogens is 90.1 g/mol. The van der Waals surface area contributed by atoms with Gasteiger partial charge in [0.15, 0.2) is 0 Å². The average Bonchev–Trinajstić information content (AvgIpc) is 2.33. The minimum atomic E-state index is 0.574. The van der Waals surface area contributed by atoms with Gasteiger partial charge in [-0.05, 0) is 6.42 Å². The monoisotopic (exact) mass is 97.1 g/mol. The van der Waals surface area contributed by atoms with Crippen molar-refractivity contribution >= 4 is 0 Å². The maximum atomic E-state index is 3.94. The van der Waals surface area contributed by atoms with E-state index in [1.54, 1.807) is 0 Å². The summed E-state index contributed by atoms with van der Waals surface area (Å²) in [7, 11) is 1.97. The smallest absolute Gasteiger partial charge is 0.0971 e. The molecule has 0 bridgehead atoms. The second-order valence-electron chi connectivity index (χ2n) is 2.15. The molecule has 1 aliphatic carbocycles. The lowest BCUT2D eigenvalue weighted by Gasteiger charge is -2.01. The van der Waals surface area contributed by atoms with Crippen molar-refractivity contribution < 1.29 is 0 Å². The van der Waals surface area contributed by atoms with Gasteiger partial charge in [-0.2, -0.15) is 5.11 Å². The third-order valence-electron chi connectivity index (χ3n) is 1.55. The number of fused-ring (bicyclic) bond motifs is 1. The Kier molecular flexibility index (Phi) is 0.392. The van der Waals surface area contributed by atoms with Gasteiger partial charge in [0.1, 0.15) is 0 Å². The van der Waals surface area contributed by atoms with Crippen LogP contribution in [0.1, 0.15) is 6.42 Å². The molecular formula is C4H7N3. The van der Waals surface area contributed by atoms with Crippen LogP contribution in [0.25, 0.3) is 0 Å². The lowest BCUT2D eigenvalue weighted by molar-refractivity contribution is 0.351. The molecule has 0 spiro atoms. The molecule has 0 radical (unpaired) electrons. The molecule has 1 heterocycles. The number of hydrogen-bond acceptors (Lipinski definition) is 3. The molecule has 3 nitrogen and oxygen atoms in total. The van der Waals surface area contributed by atoms with E-state index in [1.165, 1.54) is 6.42 Å². The minimum absolute atomic E-state index is 0.574. The fourth-order valence-corrected chi connectivity index (χ4v) is 0.909. The van der Waals surface area contributed by atoms with Crippen molar-refractivity contribution in [3.63, 3.8) is 0 Å². The predicted molar refractivity (Wildman–Crippen MR) is 24.8 cm³/mol. The summed E-state index contributed by atoms with van der Waals surface area (Å²) in [6.07, 6.45) is 1.24. The van der Waals surface area contributed by atoms with E-state index in [0.717, 1.165) is 0 Å². The van der Waals surface area contributed by atoms with Crippen LogP contribution in [0, 0.1) is 0 Å². The molecule has 2 atom stereocenters. The number of rotatable bonds is 0. The largest absolute Gasteiger partial charge is 0.277 e. The highest BCUT2D eigenvalue weighted by atomic mass is 15.6. The molecule has 38 valence electrons. The van der Waals surface area contributed by atoms with Gasteiger partial charge >= 0.3 is 0 Å². The summed E-state index contributed by atoms with van der Waals surface area (Å²) in [6, 6.07) is 1.25. The van der Waals surface area contributed by atoms with Crippen LogP contribution < -0.4 is 0 Å². The highest BCUT2D eigenvalue weighted by Crippen LogP contribution is 2.35. The first-order chi connectivity index (χ1) is 3.38. The topological polar surface area (TPSA) is 28.0 Å². The molecule has 0 aromatic heterocycles. The normalized spacial score (nSPS) is 44.4. The first kappa shape index (κ1) is 3.41. The fraction of sp³-hybridized carbons (Fsp3) is 1.00. The second kappa shape index (κ2) is 0.804. The Morgan fingerprint density at radius 3 is 2.71 bits per heavy atom. The Morgan fingerprint density at radius 1 is 1.71 bits per heavy atom. The van der Waals surface area contributed by atoms with Crippen molar-refractivity contribution in [1.29, 1.82) is 0 Å². The summed E-state index contributed by atoms with van der Waals surface area (Å²) in [5.41, 5.74) is 0. The third-order valence-corrected chi connectivity index (χ3v) is 1.55. The molecule has 0 aromatic carbocycles. The predicted octanol–water partition coefficient (Wildman–Crippen LogP) is 0.440. The molecule has 1 fully saturated rings. The average molecular weight is 97.1 g/mol. The molecule has 1 unspecified atom stereocenters. The van der Waals surface area contributed by atoms with Gasteiger partial charge in [0.25, 0.3) is 0 Å². The van der Waals surface area contributed by atoms with Crippen LogP contribution in [0.3, 0.4) is 0 Å². The van der Waals surface area contributed by atoms with Crippen LogP contribution in [0.5, 0.6) is 0 Å². The molecule has 0 aromatic rings. The van der Waals surface area contributed by atoms with Gasteiger partial charge in [-0.25, -0.2) is 0 Å². The van der Waals surface area contributed by atoms with Crippen LogP contribution in [-0.4, -0.2) is 24.1 Å². The fourth-order valence-electron chi connectivity index (χ4n) is 0.909. The quantitative estimate of drug-likeness (QED) is 0.431. The molecule has 2 aliphatic rings. The van der Waals surface area contributed by atoms with Crippen molar-refractivity contribution in [2.24, 2.45) is 10.3 Å². The van der Waals surface area contributed by atoms with Gasteiger partial charge in [-0.3, -0.25) is 5.01 Å². The zero-order valence-electron chi connectivity index (χ0n) is 4.20. The Bertz CT molecular complexity index is 120. The van der Waals surface area contributed by atoms with Gasteiger partial charge in [-0.1, -0.05) is 5.22 Å². The molecule has 7 heavy (non-hydrogen) atoms. The maximum absolute atomic E-state index is 3.94. The van der Waals surface area contributed by atoms with Gasteiger partial charge in [0.2, 0.25) is 0 Å². The van der Waals surface area contributed by atoms with Gasteiger partial charge in [0.05, 0.1) is 12.1 Å². The van der Waals surface area contributed by atoms with Gasteiger partial charge in [0, 0.05) is 7.05 Å². The van der Waals surface area contributed by atoms with E-state index in [0.29, 0.717) is 12.1 Å². The van der Waals surface area contributed by atoms with Crippen molar-refractivity contribution in [3.05, 3.63) is 0 Å². The maximum Gasteiger partial charge on any atom is 0.0971 e. The zero-order valence-corrected chi connectivity index (χ0v) is 4.20. The van der Waals surface area contributed by atoms with Crippen LogP contribution in [-0.2, 0) is 0 Å². The van der Waals surface area contributed by atoms with Crippen molar-refractivity contribution in [2.45, 2.75) is 18.5 Å². The summed E-state index contributed by atoms with van der Waals surface area (Å²) in [6.45, 7) is 0. The minimum Gasteiger partial charge on any atom is -0.277 e. The lowest BCUT2D eigenvalue weighted by Crippen LogP contribution is -2.10. The van der Waals surface area contributed by atoms with Crippen LogP contribution in [0.2, 0.25) is 0 Å². The lowest BCUT2D eigenvalue weighted by atomic mass is 10.7. The molecule has 2 rings (SSSR count). The number of hydrogen-bond donors (Lipinski definition) is 0. The van der Waals surface area contributed by atoms with Crippen molar-refractivity contribution in [1.82, 2.24) is 5.01 Å². The van der Waals surface area contributed by atoms with Gasteiger partial charge < -0.3 is 0 Å². The molecule has 0 saturated heterocycles. The third kappa shape index (κ3) is 0.301.